The summed E-state index contributed by atoms with van der Waals surface area (Å²) in [6.07, 6.45) is 1.27. The summed E-state index contributed by atoms with van der Waals surface area (Å²) in [4.78, 5) is 12.0. The van der Waals surface area contributed by atoms with Crippen molar-refractivity contribution in [3.05, 3.63) is 48.5 Å². The molecule has 2 aromatic rings. The second-order valence-corrected chi connectivity index (χ2v) is 5.26. The number of anilines is 1. The molecular weight excluding hydrogens is 304 g/mol. The monoisotopic (exact) mass is 328 g/mol. The molecule has 2 N–H and O–H groups in total. The first kappa shape index (κ1) is 17.8. The highest BCUT2D eigenvalue weighted by atomic mass is 16.5. The molecule has 0 heterocycles. The van der Waals surface area contributed by atoms with Gasteiger partial charge in [-0.3, -0.25) is 4.79 Å². The fraction of sp³-hybridized carbons (Fsp3) is 0.316. The molecular formula is C19H24N2O3. The number of carbonyl (C=O) groups is 1. The van der Waals surface area contributed by atoms with Crippen molar-refractivity contribution < 1.29 is 14.3 Å². The minimum atomic E-state index is -0.0204. The van der Waals surface area contributed by atoms with E-state index < -0.39 is 0 Å². The SMILES string of the molecule is CCOc1ccc(Oc2ccccc2NC(=O)CCCNC)cc1. The van der Waals surface area contributed by atoms with Crippen LogP contribution in [0.15, 0.2) is 48.5 Å². The van der Waals surface area contributed by atoms with E-state index in [-0.39, 0.29) is 5.91 Å². The Morgan fingerprint density at radius 1 is 1.04 bits per heavy atom. The average molecular weight is 328 g/mol. The Kier molecular flexibility index (Phi) is 7.11. The highest BCUT2D eigenvalue weighted by molar-refractivity contribution is 5.92. The lowest BCUT2D eigenvalue weighted by Gasteiger charge is -2.12. The van der Waals surface area contributed by atoms with Gasteiger partial charge in [0.2, 0.25) is 5.91 Å². The van der Waals surface area contributed by atoms with Crippen molar-refractivity contribution >= 4 is 11.6 Å². The summed E-state index contributed by atoms with van der Waals surface area (Å²) in [6.45, 7) is 3.39. The summed E-state index contributed by atoms with van der Waals surface area (Å²) in [5, 5.41) is 5.93. The molecule has 5 nitrogen and oxygen atoms in total. The lowest BCUT2D eigenvalue weighted by atomic mass is 10.2. The summed E-state index contributed by atoms with van der Waals surface area (Å²) in [7, 11) is 1.87. The van der Waals surface area contributed by atoms with Crippen molar-refractivity contribution in [2.24, 2.45) is 0 Å². The van der Waals surface area contributed by atoms with Crippen LogP contribution in [0.3, 0.4) is 0 Å². The van der Waals surface area contributed by atoms with Gasteiger partial charge in [-0.15, -0.1) is 0 Å². The predicted molar refractivity (Wildman–Crippen MR) is 95.9 cm³/mol. The highest BCUT2D eigenvalue weighted by Crippen LogP contribution is 2.30. The predicted octanol–water partition coefficient (Wildman–Crippen LogP) is 3.82. The topological polar surface area (TPSA) is 59.6 Å². The van der Waals surface area contributed by atoms with E-state index in [9.17, 15) is 4.79 Å². The summed E-state index contributed by atoms with van der Waals surface area (Å²) in [5.41, 5.74) is 0.667. The molecule has 0 atom stereocenters. The number of para-hydroxylation sites is 2. The van der Waals surface area contributed by atoms with E-state index in [0.29, 0.717) is 30.2 Å². The first-order valence-corrected chi connectivity index (χ1v) is 8.17. The van der Waals surface area contributed by atoms with E-state index in [1.807, 2.05) is 62.5 Å². The zero-order chi connectivity index (χ0) is 17.2. The number of rotatable bonds is 9. The van der Waals surface area contributed by atoms with Crippen molar-refractivity contribution in [1.29, 1.82) is 0 Å². The molecule has 1 amide bonds. The smallest absolute Gasteiger partial charge is 0.224 e. The van der Waals surface area contributed by atoms with Crippen LogP contribution < -0.4 is 20.1 Å². The quantitative estimate of drug-likeness (QED) is 0.687. The maximum atomic E-state index is 12.0. The number of hydrogen-bond donors (Lipinski definition) is 2. The van der Waals surface area contributed by atoms with E-state index in [0.717, 1.165) is 18.7 Å². The first-order valence-electron chi connectivity index (χ1n) is 8.17. The molecule has 0 aromatic heterocycles. The second-order valence-electron chi connectivity index (χ2n) is 5.26. The minimum Gasteiger partial charge on any atom is -0.494 e. The molecule has 0 aliphatic heterocycles. The third kappa shape index (κ3) is 5.59. The second kappa shape index (κ2) is 9.57. The van der Waals surface area contributed by atoms with Gasteiger partial charge in [0.15, 0.2) is 5.75 Å². The maximum Gasteiger partial charge on any atom is 0.224 e. The van der Waals surface area contributed by atoms with Crippen molar-refractivity contribution in [2.45, 2.75) is 19.8 Å². The first-order chi connectivity index (χ1) is 11.7. The van der Waals surface area contributed by atoms with E-state index >= 15 is 0 Å². The van der Waals surface area contributed by atoms with Gasteiger partial charge in [-0.25, -0.2) is 0 Å². The number of ether oxygens (including phenoxy) is 2. The van der Waals surface area contributed by atoms with Crippen molar-refractivity contribution in [3.8, 4) is 17.2 Å². The van der Waals surface area contributed by atoms with Gasteiger partial charge in [0, 0.05) is 6.42 Å². The van der Waals surface area contributed by atoms with Gasteiger partial charge < -0.3 is 20.1 Å². The van der Waals surface area contributed by atoms with Crippen molar-refractivity contribution in [2.75, 3.05) is 25.5 Å². The largest absolute Gasteiger partial charge is 0.494 e. The Morgan fingerprint density at radius 2 is 1.75 bits per heavy atom. The molecule has 0 aliphatic carbocycles. The molecule has 2 aromatic carbocycles. The lowest BCUT2D eigenvalue weighted by molar-refractivity contribution is -0.116. The Bertz CT molecular complexity index is 641. The van der Waals surface area contributed by atoms with Gasteiger partial charge in [-0.2, -0.15) is 0 Å². The van der Waals surface area contributed by atoms with Crippen LogP contribution in [0.25, 0.3) is 0 Å². The van der Waals surface area contributed by atoms with Gasteiger partial charge >= 0.3 is 0 Å². The van der Waals surface area contributed by atoms with Crippen LogP contribution in [-0.4, -0.2) is 26.1 Å². The highest BCUT2D eigenvalue weighted by Gasteiger charge is 2.08. The summed E-state index contributed by atoms with van der Waals surface area (Å²) < 4.78 is 11.3. The zero-order valence-electron chi connectivity index (χ0n) is 14.2. The molecule has 0 radical (unpaired) electrons. The molecule has 5 heteroatoms. The molecule has 0 spiro atoms. The Morgan fingerprint density at radius 3 is 2.46 bits per heavy atom. The van der Waals surface area contributed by atoms with Gasteiger partial charge in [-0.1, -0.05) is 12.1 Å². The van der Waals surface area contributed by atoms with Crippen LogP contribution in [0, 0.1) is 0 Å². The van der Waals surface area contributed by atoms with Crippen LogP contribution in [-0.2, 0) is 4.79 Å². The van der Waals surface area contributed by atoms with E-state index in [4.69, 9.17) is 9.47 Å². The van der Waals surface area contributed by atoms with Crippen molar-refractivity contribution in [1.82, 2.24) is 5.32 Å². The molecule has 0 bridgehead atoms. The van der Waals surface area contributed by atoms with Crippen LogP contribution in [0.4, 0.5) is 5.69 Å². The third-order valence-corrected chi connectivity index (χ3v) is 3.35. The Balaban J connectivity index is 2.01. The van der Waals surface area contributed by atoms with Gasteiger partial charge in [-0.05, 0) is 63.3 Å². The lowest BCUT2D eigenvalue weighted by Crippen LogP contribution is -2.15. The number of amides is 1. The fourth-order valence-electron chi connectivity index (χ4n) is 2.19. The summed E-state index contributed by atoms with van der Waals surface area (Å²) >= 11 is 0. The molecule has 0 saturated heterocycles. The summed E-state index contributed by atoms with van der Waals surface area (Å²) in [6, 6.07) is 14.8. The summed E-state index contributed by atoms with van der Waals surface area (Å²) in [5.74, 6) is 2.09. The van der Waals surface area contributed by atoms with Crippen LogP contribution in [0.5, 0.6) is 17.2 Å². The standard InChI is InChI=1S/C19H24N2O3/c1-3-23-15-10-12-16(13-11-15)24-18-8-5-4-7-17(18)21-19(22)9-6-14-20-2/h4-5,7-8,10-13,20H,3,6,9,14H2,1-2H3,(H,21,22). The van der Waals surface area contributed by atoms with Crippen molar-refractivity contribution in [3.63, 3.8) is 0 Å². The number of nitrogens with one attached hydrogen (secondary N) is 2. The number of hydrogen-bond acceptors (Lipinski definition) is 4. The molecule has 2 rings (SSSR count). The molecule has 24 heavy (non-hydrogen) atoms. The third-order valence-electron chi connectivity index (χ3n) is 3.35. The van der Waals surface area contributed by atoms with E-state index in [2.05, 4.69) is 10.6 Å². The molecule has 0 saturated carbocycles. The molecule has 0 unspecified atom stereocenters. The van der Waals surface area contributed by atoms with Gasteiger partial charge in [0.25, 0.3) is 0 Å². The Hall–Kier alpha value is -2.53. The van der Waals surface area contributed by atoms with E-state index in [1.165, 1.54) is 0 Å². The van der Waals surface area contributed by atoms with Crippen LogP contribution >= 0.6 is 0 Å². The maximum absolute atomic E-state index is 12.0. The number of carbonyl (C=O) groups excluding carboxylic acids is 1. The molecule has 0 fully saturated rings. The van der Waals surface area contributed by atoms with Crippen LogP contribution in [0.2, 0.25) is 0 Å². The van der Waals surface area contributed by atoms with Crippen LogP contribution in [0.1, 0.15) is 19.8 Å². The number of benzene rings is 2. The zero-order valence-corrected chi connectivity index (χ0v) is 14.2. The molecule has 128 valence electrons. The minimum absolute atomic E-state index is 0.0204. The normalized spacial score (nSPS) is 10.2. The Labute approximate surface area is 143 Å². The van der Waals surface area contributed by atoms with E-state index in [1.54, 1.807) is 0 Å². The van der Waals surface area contributed by atoms with Gasteiger partial charge in [0.05, 0.1) is 12.3 Å². The van der Waals surface area contributed by atoms with Gasteiger partial charge in [0.1, 0.15) is 11.5 Å². The fourth-order valence-corrected chi connectivity index (χ4v) is 2.19. The molecule has 0 aliphatic rings. The average Bonchev–Trinajstić information content (AvgIpc) is 2.59.